The van der Waals surface area contributed by atoms with Gasteiger partial charge in [0.05, 0.1) is 13.2 Å². The Kier molecular flexibility index (Phi) is 5.29. The van der Waals surface area contributed by atoms with E-state index in [1.807, 2.05) is 36.4 Å². The average molecular weight is 384 g/mol. The van der Waals surface area contributed by atoms with Gasteiger partial charge in [-0.3, -0.25) is 9.59 Å². The van der Waals surface area contributed by atoms with Crippen LogP contribution in [0.4, 0.5) is 0 Å². The zero-order valence-electron chi connectivity index (χ0n) is 14.8. The smallest absolute Gasteiger partial charge is 0.314 e. The van der Waals surface area contributed by atoms with E-state index >= 15 is 0 Å². The van der Waals surface area contributed by atoms with E-state index < -0.39 is 11.8 Å². The quantitative estimate of drug-likeness (QED) is 0.445. The second kappa shape index (κ2) is 7.84. The summed E-state index contributed by atoms with van der Waals surface area (Å²) in [6.07, 6.45) is 0.467. The molecule has 0 atom stereocenters. The van der Waals surface area contributed by atoms with Crippen LogP contribution in [0.2, 0.25) is 0 Å². The van der Waals surface area contributed by atoms with E-state index in [9.17, 15) is 9.59 Å². The predicted octanol–water partition coefficient (Wildman–Crippen LogP) is 3.70. The summed E-state index contributed by atoms with van der Waals surface area (Å²) in [4.78, 5) is 25.7. The number of fused-ring (bicyclic) bond motifs is 2. The van der Waals surface area contributed by atoms with Crippen molar-refractivity contribution < 1.29 is 23.8 Å². The van der Waals surface area contributed by atoms with Crippen molar-refractivity contribution >= 4 is 23.5 Å². The third-order valence-corrected chi connectivity index (χ3v) is 5.78. The van der Waals surface area contributed by atoms with Gasteiger partial charge in [-0.25, -0.2) is 0 Å². The fourth-order valence-electron chi connectivity index (χ4n) is 3.33. The third kappa shape index (κ3) is 3.93. The molecule has 2 aromatic rings. The summed E-state index contributed by atoms with van der Waals surface area (Å²) in [5.41, 5.74) is 2.26. The Morgan fingerprint density at radius 3 is 2.63 bits per heavy atom. The van der Waals surface area contributed by atoms with Crippen LogP contribution in [-0.4, -0.2) is 30.7 Å². The third-order valence-electron chi connectivity index (χ3n) is 4.70. The van der Waals surface area contributed by atoms with Gasteiger partial charge in [-0.05, 0) is 17.7 Å². The molecular formula is C21H20O5S. The lowest BCUT2D eigenvalue weighted by Gasteiger charge is -2.33. The van der Waals surface area contributed by atoms with Gasteiger partial charge in [0.1, 0.15) is 13.0 Å². The molecule has 2 aliphatic heterocycles. The Bertz CT molecular complexity index is 843. The molecule has 140 valence electrons. The minimum atomic E-state index is -0.745. The van der Waals surface area contributed by atoms with Crippen molar-refractivity contribution in [2.75, 3.05) is 19.0 Å². The highest BCUT2D eigenvalue weighted by molar-refractivity contribution is 7.99. The van der Waals surface area contributed by atoms with Crippen LogP contribution >= 0.6 is 11.8 Å². The highest BCUT2D eigenvalue weighted by Gasteiger charge is 2.42. The van der Waals surface area contributed by atoms with E-state index in [2.05, 4.69) is 0 Å². The maximum absolute atomic E-state index is 12.6. The van der Waals surface area contributed by atoms with Gasteiger partial charge in [0.25, 0.3) is 0 Å². The van der Waals surface area contributed by atoms with Crippen molar-refractivity contribution in [1.82, 2.24) is 0 Å². The first kappa shape index (κ1) is 18.2. The van der Waals surface area contributed by atoms with Crippen molar-refractivity contribution in [2.45, 2.75) is 30.1 Å². The minimum Gasteiger partial charge on any atom is -0.460 e. The fourth-order valence-corrected chi connectivity index (χ4v) is 4.46. The number of carbonyl (C=O) groups excluding carboxylic acids is 2. The van der Waals surface area contributed by atoms with E-state index in [-0.39, 0.29) is 18.8 Å². The molecule has 0 saturated carbocycles. The monoisotopic (exact) mass is 384 g/mol. The van der Waals surface area contributed by atoms with Crippen molar-refractivity contribution in [2.24, 2.45) is 0 Å². The molecule has 2 heterocycles. The van der Waals surface area contributed by atoms with Gasteiger partial charge < -0.3 is 14.2 Å². The molecule has 0 aliphatic carbocycles. The van der Waals surface area contributed by atoms with Crippen molar-refractivity contribution in [3.63, 3.8) is 0 Å². The molecule has 0 amide bonds. The molecule has 2 aromatic carbocycles. The summed E-state index contributed by atoms with van der Waals surface area (Å²) in [7, 11) is 0. The van der Waals surface area contributed by atoms with E-state index in [0.717, 1.165) is 28.2 Å². The molecule has 4 rings (SSSR count). The average Bonchev–Trinajstić information content (AvgIpc) is 3.16. The molecule has 0 aromatic heterocycles. The van der Waals surface area contributed by atoms with Gasteiger partial charge in [-0.15, -0.1) is 11.8 Å². The number of esters is 1. The summed E-state index contributed by atoms with van der Waals surface area (Å²) >= 11 is 1.73. The summed E-state index contributed by atoms with van der Waals surface area (Å²) in [5.74, 6) is -0.629. The Hall–Kier alpha value is -2.15. The minimum absolute atomic E-state index is 0.165. The molecule has 5 nitrogen and oxygen atoms in total. The molecule has 0 radical (unpaired) electrons. The SMILES string of the molecule is O=C(CC(=O)c1ccc2c(c1)C1(CCS2)OCCO1)OCc1ccccc1. The molecule has 1 saturated heterocycles. The second-order valence-electron chi connectivity index (χ2n) is 6.51. The first-order chi connectivity index (χ1) is 13.2. The van der Waals surface area contributed by atoms with Crippen LogP contribution in [0.15, 0.2) is 53.4 Å². The highest BCUT2D eigenvalue weighted by atomic mass is 32.2. The van der Waals surface area contributed by atoms with Crippen molar-refractivity contribution in [3.8, 4) is 0 Å². The number of thioether (sulfide) groups is 1. The van der Waals surface area contributed by atoms with Crippen LogP contribution in [0, 0.1) is 0 Å². The predicted molar refractivity (Wildman–Crippen MR) is 101 cm³/mol. The Morgan fingerprint density at radius 2 is 1.85 bits per heavy atom. The van der Waals surface area contributed by atoms with Crippen LogP contribution in [-0.2, 0) is 31.4 Å². The van der Waals surface area contributed by atoms with Crippen LogP contribution in [0.5, 0.6) is 0 Å². The van der Waals surface area contributed by atoms with Gasteiger partial charge >= 0.3 is 5.97 Å². The van der Waals surface area contributed by atoms with Gasteiger partial charge in [-0.1, -0.05) is 36.4 Å². The van der Waals surface area contributed by atoms with E-state index in [1.54, 1.807) is 23.9 Å². The lowest BCUT2D eigenvalue weighted by Crippen LogP contribution is -2.31. The van der Waals surface area contributed by atoms with Gasteiger partial charge in [0, 0.05) is 28.2 Å². The van der Waals surface area contributed by atoms with E-state index in [1.165, 1.54) is 0 Å². The van der Waals surface area contributed by atoms with Crippen LogP contribution in [0.25, 0.3) is 0 Å². The fraction of sp³-hybridized carbons (Fsp3) is 0.333. The van der Waals surface area contributed by atoms with E-state index in [0.29, 0.717) is 18.8 Å². The molecular weight excluding hydrogens is 364 g/mol. The van der Waals surface area contributed by atoms with Gasteiger partial charge in [0.2, 0.25) is 0 Å². The van der Waals surface area contributed by atoms with Gasteiger partial charge in [0.15, 0.2) is 11.6 Å². The number of hydrogen-bond acceptors (Lipinski definition) is 6. The number of Topliss-reactive ketones (excluding diaryl/α,β-unsaturated/α-hetero) is 1. The zero-order valence-corrected chi connectivity index (χ0v) is 15.6. The number of benzene rings is 2. The first-order valence-electron chi connectivity index (χ1n) is 8.94. The lowest BCUT2D eigenvalue weighted by molar-refractivity contribution is -0.169. The van der Waals surface area contributed by atoms with Crippen molar-refractivity contribution in [1.29, 1.82) is 0 Å². The van der Waals surface area contributed by atoms with Crippen LogP contribution in [0.3, 0.4) is 0 Å². The second-order valence-corrected chi connectivity index (χ2v) is 7.64. The van der Waals surface area contributed by atoms with E-state index in [4.69, 9.17) is 14.2 Å². The zero-order chi connectivity index (χ0) is 18.7. The molecule has 27 heavy (non-hydrogen) atoms. The molecule has 0 N–H and O–H groups in total. The summed E-state index contributed by atoms with van der Waals surface area (Å²) in [6.45, 7) is 1.26. The largest absolute Gasteiger partial charge is 0.460 e. The Labute approximate surface area is 162 Å². The topological polar surface area (TPSA) is 61.8 Å². The maximum Gasteiger partial charge on any atom is 0.314 e. The highest BCUT2D eigenvalue weighted by Crippen LogP contribution is 2.45. The normalized spacial score (nSPS) is 17.5. The van der Waals surface area contributed by atoms with Gasteiger partial charge in [-0.2, -0.15) is 0 Å². The Balaban J connectivity index is 1.44. The summed E-state index contributed by atoms with van der Waals surface area (Å²) < 4.78 is 17.0. The van der Waals surface area contributed by atoms with Crippen LogP contribution < -0.4 is 0 Å². The molecule has 0 bridgehead atoms. The van der Waals surface area contributed by atoms with Crippen LogP contribution in [0.1, 0.15) is 34.3 Å². The molecule has 1 spiro atoms. The maximum atomic E-state index is 12.6. The van der Waals surface area contributed by atoms with Crippen molar-refractivity contribution in [3.05, 3.63) is 65.2 Å². The molecule has 6 heteroatoms. The molecule has 0 unspecified atom stereocenters. The Morgan fingerprint density at radius 1 is 1.07 bits per heavy atom. The number of carbonyl (C=O) groups is 2. The lowest BCUT2D eigenvalue weighted by atomic mass is 9.97. The summed E-state index contributed by atoms with van der Waals surface area (Å²) in [6, 6.07) is 14.9. The first-order valence-corrected chi connectivity index (χ1v) is 9.93. The number of hydrogen-bond donors (Lipinski definition) is 0. The summed E-state index contributed by atoms with van der Waals surface area (Å²) in [5, 5.41) is 0. The number of rotatable bonds is 5. The molecule has 2 aliphatic rings. The number of ether oxygens (including phenoxy) is 3. The number of ketones is 1. The standard InChI is InChI=1S/C21H20O5S/c22-18(13-20(23)24-14-15-4-2-1-3-5-15)16-6-7-19-17(12-16)21(8-11-27-19)25-9-10-26-21/h1-7,12H,8-11,13-14H2. The molecule has 1 fully saturated rings.